The summed E-state index contributed by atoms with van der Waals surface area (Å²) >= 11 is 0. The Kier molecular flexibility index (Phi) is 8.83. The molecule has 1 unspecified atom stereocenters. The Morgan fingerprint density at radius 1 is 1.24 bits per heavy atom. The second-order valence-corrected chi connectivity index (χ2v) is 10.1. The zero-order chi connectivity index (χ0) is 25.7. The number of aliphatic hydroxyl groups is 1. The van der Waals surface area contributed by atoms with Crippen LogP contribution in [-0.4, -0.2) is 50.1 Å². The van der Waals surface area contributed by atoms with E-state index < -0.39 is 34.8 Å². The van der Waals surface area contributed by atoms with Crippen LogP contribution in [0.3, 0.4) is 0 Å². The number of halogens is 1. The molecule has 2 aromatic rings. The van der Waals surface area contributed by atoms with Crippen LogP contribution in [0.5, 0.6) is 5.88 Å². The number of hydrogen-bond acceptors (Lipinski definition) is 5. The molecule has 0 aliphatic rings. The number of amides is 1. The van der Waals surface area contributed by atoms with E-state index in [9.17, 15) is 24.2 Å². The van der Waals surface area contributed by atoms with Gasteiger partial charge < -0.3 is 20.3 Å². The summed E-state index contributed by atoms with van der Waals surface area (Å²) in [5.74, 6) is -1.86. The molecule has 1 aromatic heterocycles. The number of carboxylic acid groups (broad SMARTS) is 1. The molecule has 0 bridgehead atoms. The van der Waals surface area contributed by atoms with E-state index in [0.29, 0.717) is 6.42 Å². The van der Waals surface area contributed by atoms with E-state index in [2.05, 4.69) is 10.4 Å². The maximum absolute atomic E-state index is 14.5. The molecule has 0 saturated carbocycles. The fraction of sp³-hybridized carbons (Fsp3) is 0.560. The largest absolute Gasteiger partial charge is 0.481 e. The molecule has 1 amide bonds. The van der Waals surface area contributed by atoms with E-state index in [1.165, 1.54) is 28.9 Å². The van der Waals surface area contributed by atoms with Gasteiger partial charge in [-0.2, -0.15) is 9.78 Å². The van der Waals surface area contributed by atoms with E-state index in [0.717, 1.165) is 6.42 Å². The molecule has 34 heavy (non-hydrogen) atoms. The summed E-state index contributed by atoms with van der Waals surface area (Å²) in [6.07, 6.45) is 1.13. The number of aliphatic carboxylic acids is 1. The van der Waals surface area contributed by atoms with Gasteiger partial charge in [0.05, 0.1) is 6.42 Å². The van der Waals surface area contributed by atoms with Crippen LogP contribution >= 0.6 is 0 Å². The van der Waals surface area contributed by atoms with E-state index in [1.54, 1.807) is 13.0 Å². The fourth-order valence-electron chi connectivity index (χ4n) is 3.12. The molecule has 188 valence electrons. The molecule has 1 heterocycles. The number of rotatable bonds is 11. The number of ether oxygens (including phenoxy) is 1. The molecular formula is C25H36FN3O5. The van der Waals surface area contributed by atoms with Crippen LogP contribution in [0.4, 0.5) is 4.39 Å². The fourth-order valence-corrected chi connectivity index (χ4v) is 3.12. The van der Waals surface area contributed by atoms with Crippen molar-refractivity contribution < 1.29 is 28.9 Å². The molecule has 0 fully saturated rings. The lowest BCUT2D eigenvalue weighted by molar-refractivity contribution is -0.137. The van der Waals surface area contributed by atoms with Crippen molar-refractivity contribution in [3.63, 3.8) is 0 Å². The van der Waals surface area contributed by atoms with Gasteiger partial charge in [-0.3, -0.25) is 9.59 Å². The highest BCUT2D eigenvalue weighted by atomic mass is 19.1. The minimum atomic E-state index is -1.22. The lowest BCUT2D eigenvalue weighted by atomic mass is 9.78. The van der Waals surface area contributed by atoms with Gasteiger partial charge in [-0.05, 0) is 36.8 Å². The number of nitrogens with one attached hydrogen (secondary N) is 1. The molecule has 0 radical (unpaired) electrons. The second-order valence-electron chi connectivity index (χ2n) is 10.1. The summed E-state index contributed by atoms with van der Waals surface area (Å²) in [6.45, 7) is 11.1. The molecule has 9 heteroatoms. The Balaban J connectivity index is 2.37. The van der Waals surface area contributed by atoms with E-state index in [1.807, 2.05) is 34.6 Å². The second kappa shape index (κ2) is 11.0. The van der Waals surface area contributed by atoms with Gasteiger partial charge in [-0.1, -0.05) is 53.2 Å². The average Bonchev–Trinajstić information content (AvgIpc) is 3.15. The van der Waals surface area contributed by atoms with Crippen LogP contribution in [0, 0.1) is 17.2 Å². The lowest BCUT2D eigenvalue weighted by Gasteiger charge is -2.36. The van der Waals surface area contributed by atoms with Gasteiger partial charge in [-0.15, -0.1) is 0 Å². The normalized spacial score (nSPS) is 15.3. The number of para-hydroxylation sites is 1. The van der Waals surface area contributed by atoms with Crippen LogP contribution in [0.1, 0.15) is 71.3 Å². The number of carboxylic acids is 1. The molecule has 8 nitrogen and oxygen atoms in total. The smallest absolute Gasteiger partial charge is 0.305 e. The quantitative estimate of drug-likeness (QED) is 0.447. The van der Waals surface area contributed by atoms with Gasteiger partial charge in [0.1, 0.15) is 23.7 Å². The molecule has 0 spiro atoms. The first-order valence-electron chi connectivity index (χ1n) is 11.5. The van der Waals surface area contributed by atoms with Crippen LogP contribution in [0.25, 0.3) is 5.69 Å². The zero-order valence-electron chi connectivity index (χ0n) is 20.8. The molecule has 0 aliphatic heterocycles. The van der Waals surface area contributed by atoms with Crippen molar-refractivity contribution in [1.82, 2.24) is 15.1 Å². The monoisotopic (exact) mass is 477 g/mol. The lowest BCUT2D eigenvalue weighted by Crippen LogP contribution is -2.45. The van der Waals surface area contributed by atoms with Crippen molar-refractivity contribution in [2.24, 2.45) is 11.3 Å². The molecule has 3 atom stereocenters. The average molecular weight is 478 g/mol. The number of carbonyl (C=O) groups excluding carboxylic acids is 1. The van der Waals surface area contributed by atoms with E-state index in [4.69, 9.17) is 4.74 Å². The summed E-state index contributed by atoms with van der Waals surface area (Å²) in [5, 5.41) is 27.0. The van der Waals surface area contributed by atoms with Gasteiger partial charge in [0.25, 0.3) is 5.91 Å². The van der Waals surface area contributed by atoms with Crippen molar-refractivity contribution in [2.75, 3.05) is 6.61 Å². The minimum Gasteiger partial charge on any atom is -0.481 e. The highest BCUT2D eigenvalue weighted by Crippen LogP contribution is 2.31. The van der Waals surface area contributed by atoms with Crippen molar-refractivity contribution in [3.05, 3.63) is 41.8 Å². The number of benzene rings is 1. The van der Waals surface area contributed by atoms with Crippen LogP contribution in [0.2, 0.25) is 0 Å². The highest BCUT2D eigenvalue weighted by Gasteiger charge is 2.36. The third-order valence-electron chi connectivity index (χ3n) is 6.25. The number of aromatic nitrogens is 2. The van der Waals surface area contributed by atoms with Gasteiger partial charge in [0.15, 0.2) is 5.69 Å². The Morgan fingerprint density at radius 2 is 1.88 bits per heavy atom. The number of nitrogens with zero attached hydrogens (tertiary/aromatic N) is 2. The first kappa shape index (κ1) is 27.3. The predicted molar refractivity (Wildman–Crippen MR) is 127 cm³/mol. The van der Waals surface area contributed by atoms with Crippen molar-refractivity contribution >= 4 is 11.9 Å². The Labute approximate surface area is 200 Å². The molecule has 1 aromatic carbocycles. The Morgan fingerprint density at radius 3 is 2.44 bits per heavy atom. The summed E-state index contributed by atoms with van der Waals surface area (Å²) in [4.78, 5) is 24.3. The molecule has 2 rings (SSSR count). The zero-order valence-corrected chi connectivity index (χ0v) is 20.8. The van der Waals surface area contributed by atoms with E-state index >= 15 is 0 Å². The highest BCUT2D eigenvalue weighted by molar-refractivity contribution is 5.93. The topological polar surface area (TPSA) is 114 Å². The molecule has 0 saturated heterocycles. The summed E-state index contributed by atoms with van der Waals surface area (Å²) in [7, 11) is 0. The summed E-state index contributed by atoms with van der Waals surface area (Å²) < 4.78 is 21.5. The van der Waals surface area contributed by atoms with Gasteiger partial charge in [0, 0.05) is 12.1 Å². The van der Waals surface area contributed by atoms with E-state index in [-0.39, 0.29) is 36.2 Å². The van der Waals surface area contributed by atoms with Crippen molar-refractivity contribution in [1.29, 1.82) is 0 Å². The van der Waals surface area contributed by atoms with Gasteiger partial charge in [-0.25, -0.2) is 4.39 Å². The third kappa shape index (κ3) is 7.03. The first-order valence-corrected chi connectivity index (χ1v) is 11.5. The molecule has 0 aliphatic carbocycles. The molecule has 3 N–H and O–H groups in total. The summed E-state index contributed by atoms with van der Waals surface area (Å²) in [5.41, 5.74) is -1.69. The first-order chi connectivity index (χ1) is 15.7. The predicted octanol–water partition coefficient (Wildman–Crippen LogP) is 4.20. The van der Waals surface area contributed by atoms with Gasteiger partial charge >= 0.3 is 5.97 Å². The van der Waals surface area contributed by atoms with Crippen LogP contribution < -0.4 is 10.1 Å². The van der Waals surface area contributed by atoms with Crippen molar-refractivity contribution in [2.45, 2.75) is 72.4 Å². The maximum atomic E-state index is 14.5. The van der Waals surface area contributed by atoms with Crippen molar-refractivity contribution in [3.8, 4) is 11.6 Å². The molecular weight excluding hydrogens is 441 g/mol. The Bertz CT molecular complexity index is 997. The third-order valence-corrected chi connectivity index (χ3v) is 6.25. The number of hydrogen-bond donors (Lipinski definition) is 3. The SMILES string of the molecule is CCC(C)C[C@@H](CC(=O)O)NC(=O)c1cc(OC[C@](C)(O)C(C)(C)C)n(-c2ccccc2F)n1. The minimum absolute atomic E-state index is 0.0480. The number of carbonyl (C=O) groups is 2. The van der Waals surface area contributed by atoms with Crippen LogP contribution in [0.15, 0.2) is 30.3 Å². The van der Waals surface area contributed by atoms with Gasteiger partial charge in [0.2, 0.25) is 5.88 Å². The summed E-state index contributed by atoms with van der Waals surface area (Å²) in [6, 6.07) is 6.71. The van der Waals surface area contributed by atoms with Crippen LogP contribution in [-0.2, 0) is 4.79 Å². The maximum Gasteiger partial charge on any atom is 0.305 e. The standard InChI is InChI=1S/C25H36FN3O5/c1-7-16(2)12-17(13-22(30)31)27-23(32)19-14-21(34-15-25(6,33)24(3,4)5)29(28-19)20-11-9-8-10-18(20)26/h8-11,14,16-17,33H,7,12-13,15H2,1-6H3,(H,27,32)(H,30,31)/t16?,17-,25-/m0/s1. The Hall–Kier alpha value is -2.94.